The van der Waals surface area contributed by atoms with E-state index in [2.05, 4.69) is 37.9 Å². The lowest BCUT2D eigenvalue weighted by Gasteiger charge is -2.32. The first-order valence-electron chi connectivity index (χ1n) is 7.20. The molecule has 1 aliphatic rings. The lowest BCUT2D eigenvalue weighted by atomic mass is 10.0. The lowest BCUT2D eigenvalue weighted by Crippen LogP contribution is -2.42. The first-order valence-corrected chi connectivity index (χ1v) is 8.00. The number of likely N-dealkylation sites (tertiary alicyclic amines) is 1. The van der Waals surface area contributed by atoms with Gasteiger partial charge in [0.1, 0.15) is 5.75 Å². The molecule has 2 rings (SSSR count). The molecule has 1 unspecified atom stereocenters. The Morgan fingerprint density at radius 1 is 1.43 bits per heavy atom. The van der Waals surface area contributed by atoms with E-state index in [1.165, 1.54) is 19.3 Å². The van der Waals surface area contributed by atoms with Crippen LogP contribution in [-0.4, -0.2) is 37.7 Å². The quantitative estimate of drug-likeness (QED) is 0.836. The molecule has 0 saturated carbocycles. The van der Waals surface area contributed by atoms with Crippen molar-refractivity contribution in [2.45, 2.75) is 38.5 Å². The van der Waals surface area contributed by atoms with Crippen LogP contribution in [0.1, 0.15) is 24.8 Å². The number of rotatable bonds is 6. The molecule has 1 aliphatic heterocycles. The Labute approximate surface area is 132 Å². The zero-order chi connectivity index (χ0) is 15.2. The Hall–Kier alpha value is -0.720. The van der Waals surface area contributed by atoms with Crippen molar-refractivity contribution in [3.8, 4) is 5.75 Å². The van der Waals surface area contributed by atoms with E-state index in [1.807, 2.05) is 6.07 Å². The number of nitrogens with zero attached hydrogens (tertiary/aromatic N) is 1. The predicted molar refractivity (Wildman–Crippen MR) is 82.7 cm³/mol. The summed E-state index contributed by atoms with van der Waals surface area (Å²) >= 11 is 3.36. The number of nitrogens with one attached hydrogen (secondary N) is 1. The van der Waals surface area contributed by atoms with Crippen LogP contribution < -0.4 is 10.1 Å². The maximum Gasteiger partial charge on any atom is 0.387 e. The molecule has 0 radical (unpaired) electrons. The molecule has 1 heterocycles. The van der Waals surface area contributed by atoms with Gasteiger partial charge < -0.3 is 15.0 Å². The van der Waals surface area contributed by atoms with E-state index in [-0.39, 0.29) is 5.75 Å². The highest BCUT2D eigenvalue weighted by molar-refractivity contribution is 9.10. The zero-order valence-corrected chi connectivity index (χ0v) is 13.7. The molecule has 21 heavy (non-hydrogen) atoms. The maximum atomic E-state index is 12.4. The molecule has 1 aromatic rings. The summed E-state index contributed by atoms with van der Waals surface area (Å²) in [6.07, 6.45) is 3.70. The predicted octanol–water partition coefficient (Wildman–Crippen LogP) is 3.62. The van der Waals surface area contributed by atoms with Crippen molar-refractivity contribution in [2.24, 2.45) is 0 Å². The Bertz CT molecular complexity index is 459. The van der Waals surface area contributed by atoms with Crippen LogP contribution in [0.25, 0.3) is 0 Å². The summed E-state index contributed by atoms with van der Waals surface area (Å²) in [7, 11) is 2.13. The third kappa shape index (κ3) is 5.20. The fourth-order valence-corrected chi connectivity index (χ4v) is 3.08. The van der Waals surface area contributed by atoms with E-state index in [9.17, 15) is 8.78 Å². The number of benzene rings is 1. The van der Waals surface area contributed by atoms with Gasteiger partial charge in [0.05, 0.1) is 0 Å². The van der Waals surface area contributed by atoms with Crippen LogP contribution in [0.5, 0.6) is 5.75 Å². The number of alkyl halides is 2. The zero-order valence-electron chi connectivity index (χ0n) is 12.1. The Balaban J connectivity index is 1.91. The van der Waals surface area contributed by atoms with Crippen LogP contribution >= 0.6 is 15.9 Å². The van der Waals surface area contributed by atoms with E-state index >= 15 is 0 Å². The second kappa shape index (κ2) is 8.06. The first kappa shape index (κ1) is 16.6. The molecule has 0 aliphatic carbocycles. The number of halogens is 3. The number of hydrogen-bond donors (Lipinski definition) is 1. The molecule has 1 aromatic carbocycles. The minimum absolute atomic E-state index is 0.234. The minimum atomic E-state index is -2.80. The smallest absolute Gasteiger partial charge is 0.387 e. The summed E-state index contributed by atoms with van der Waals surface area (Å²) < 4.78 is 30.2. The molecule has 0 bridgehead atoms. The SMILES string of the molecule is CN1CCCCC1CNCc1cc(Br)ccc1OC(F)F. The molecule has 1 fully saturated rings. The Morgan fingerprint density at radius 2 is 2.24 bits per heavy atom. The molecule has 3 nitrogen and oxygen atoms in total. The van der Waals surface area contributed by atoms with Gasteiger partial charge in [-0.3, -0.25) is 0 Å². The van der Waals surface area contributed by atoms with Gasteiger partial charge in [-0.15, -0.1) is 0 Å². The highest BCUT2D eigenvalue weighted by Gasteiger charge is 2.18. The van der Waals surface area contributed by atoms with Crippen LogP contribution in [0, 0.1) is 0 Å². The van der Waals surface area contributed by atoms with Gasteiger partial charge in [-0.25, -0.2) is 0 Å². The average molecular weight is 363 g/mol. The van der Waals surface area contributed by atoms with Crippen molar-refractivity contribution < 1.29 is 13.5 Å². The second-order valence-electron chi connectivity index (χ2n) is 5.39. The lowest BCUT2D eigenvalue weighted by molar-refractivity contribution is -0.0505. The van der Waals surface area contributed by atoms with Gasteiger partial charge in [-0.2, -0.15) is 8.78 Å². The van der Waals surface area contributed by atoms with Crippen LogP contribution in [0.4, 0.5) is 8.78 Å². The first-order chi connectivity index (χ1) is 10.1. The van der Waals surface area contributed by atoms with Gasteiger partial charge in [0.25, 0.3) is 0 Å². The summed E-state index contributed by atoms with van der Waals surface area (Å²) in [6, 6.07) is 5.61. The van der Waals surface area contributed by atoms with E-state index < -0.39 is 6.61 Å². The van der Waals surface area contributed by atoms with Gasteiger partial charge in [0.2, 0.25) is 0 Å². The second-order valence-corrected chi connectivity index (χ2v) is 6.31. The largest absolute Gasteiger partial charge is 0.434 e. The van der Waals surface area contributed by atoms with Crippen molar-refractivity contribution >= 4 is 15.9 Å². The fraction of sp³-hybridized carbons (Fsp3) is 0.600. The van der Waals surface area contributed by atoms with Crippen LogP contribution in [0.15, 0.2) is 22.7 Å². The molecule has 6 heteroatoms. The van der Waals surface area contributed by atoms with Gasteiger partial charge in [0.15, 0.2) is 0 Å². The monoisotopic (exact) mass is 362 g/mol. The van der Waals surface area contributed by atoms with Gasteiger partial charge in [0, 0.05) is 29.2 Å². The molecule has 0 aromatic heterocycles. The van der Waals surface area contributed by atoms with Crippen molar-refractivity contribution in [3.05, 3.63) is 28.2 Å². The fourth-order valence-electron chi connectivity index (χ4n) is 2.67. The van der Waals surface area contributed by atoms with Crippen LogP contribution in [-0.2, 0) is 6.54 Å². The molecular formula is C15H21BrF2N2O. The molecule has 118 valence electrons. The Kier molecular flexibility index (Phi) is 6.39. The number of ether oxygens (including phenoxy) is 1. The molecular weight excluding hydrogens is 342 g/mol. The minimum Gasteiger partial charge on any atom is -0.434 e. The molecule has 0 amide bonds. The van der Waals surface area contributed by atoms with Gasteiger partial charge in [-0.05, 0) is 44.6 Å². The summed E-state index contributed by atoms with van der Waals surface area (Å²) in [5, 5.41) is 3.36. The van der Waals surface area contributed by atoms with Crippen molar-refractivity contribution in [3.63, 3.8) is 0 Å². The summed E-state index contributed by atoms with van der Waals surface area (Å²) in [4.78, 5) is 2.36. The summed E-state index contributed by atoms with van der Waals surface area (Å²) in [5.41, 5.74) is 0.739. The molecule has 0 spiro atoms. The highest BCUT2D eigenvalue weighted by Crippen LogP contribution is 2.25. The Morgan fingerprint density at radius 3 is 2.95 bits per heavy atom. The summed E-state index contributed by atoms with van der Waals surface area (Å²) in [5.74, 6) is 0.234. The van der Waals surface area contributed by atoms with E-state index in [0.717, 1.165) is 23.1 Å². The van der Waals surface area contributed by atoms with Gasteiger partial charge in [-0.1, -0.05) is 22.4 Å². The van der Waals surface area contributed by atoms with Crippen LogP contribution in [0.3, 0.4) is 0 Å². The van der Waals surface area contributed by atoms with Crippen molar-refractivity contribution in [1.29, 1.82) is 0 Å². The normalized spacial score (nSPS) is 20.0. The van der Waals surface area contributed by atoms with Crippen LogP contribution in [0.2, 0.25) is 0 Å². The van der Waals surface area contributed by atoms with E-state index in [1.54, 1.807) is 12.1 Å². The molecule has 1 saturated heterocycles. The van der Waals surface area contributed by atoms with Crippen molar-refractivity contribution in [2.75, 3.05) is 20.1 Å². The number of hydrogen-bond acceptors (Lipinski definition) is 3. The summed E-state index contributed by atoms with van der Waals surface area (Å²) in [6.45, 7) is -0.291. The van der Waals surface area contributed by atoms with Gasteiger partial charge >= 0.3 is 6.61 Å². The average Bonchev–Trinajstić information content (AvgIpc) is 2.43. The molecule has 1 atom stereocenters. The number of piperidine rings is 1. The number of likely N-dealkylation sites (N-methyl/N-ethyl adjacent to an activating group) is 1. The topological polar surface area (TPSA) is 24.5 Å². The van der Waals surface area contributed by atoms with Crippen molar-refractivity contribution in [1.82, 2.24) is 10.2 Å². The third-order valence-corrected chi connectivity index (χ3v) is 4.35. The molecule has 1 N–H and O–H groups in total. The third-order valence-electron chi connectivity index (χ3n) is 3.86. The highest BCUT2D eigenvalue weighted by atomic mass is 79.9. The maximum absolute atomic E-state index is 12.4. The van der Waals surface area contributed by atoms with E-state index in [4.69, 9.17) is 0 Å². The van der Waals surface area contributed by atoms with E-state index in [0.29, 0.717) is 12.6 Å². The standard InChI is InChI=1S/C15H21BrF2N2O/c1-20-7-3-2-4-13(20)10-19-9-11-8-12(16)5-6-14(11)21-15(17)18/h5-6,8,13,15,19H,2-4,7,9-10H2,1H3.